The maximum absolute atomic E-state index is 12.1. The Morgan fingerprint density at radius 2 is 2.08 bits per heavy atom. The molecule has 0 fully saturated rings. The molecule has 0 bridgehead atoms. The Morgan fingerprint density at radius 1 is 1.32 bits per heavy atom. The lowest BCUT2D eigenvalue weighted by Gasteiger charge is -2.04. The van der Waals surface area contributed by atoms with Crippen LogP contribution in [0.4, 0.5) is 5.13 Å². The van der Waals surface area contributed by atoms with Gasteiger partial charge in [0.25, 0.3) is 0 Å². The summed E-state index contributed by atoms with van der Waals surface area (Å²) in [5.74, 6) is 0.983. The van der Waals surface area contributed by atoms with Gasteiger partial charge in [0.1, 0.15) is 5.82 Å². The first-order valence-electron chi connectivity index (χ1n) is 7.60. The Balaban J connectivity index is 1.59. The van der Waals surface area contributed by atoms with Gasteiger partial charge in [0.15, 0.2) is 10.3 Å². The Labute approximate surface area is 158 Å². The quantitative estimate of drug-likeness (QED) is 0.638. The molecule has 2 heterocycles. The van der Waals surface area contributed by atoms with Gasteiger partial charge in [-0.3, -0.25) is 4.79 Å². The fraction of sp³-hybridized carbons (Fsp3) is 0.250. The molecule has 1 aromatic carbocycles. The minimum absolute atomic E-state index is 0.120. The van der Waals surface area contributed by atoms with Gasteiger partial charge in [-0.25, -0.2) is 4.98 Å². The van der Waals surface area contributed by atoms with Crippen LogP contribution in [0.25, 0.3) is 11.3 Å². The number of anilines is 1. The fourth-order valence-electron chi connectivity index (χ4n) is 2.20. The zero-order valence-electron chi connectivity index (χ0n) is 13.7. The molecule has 0 unspecified atom stereocenters. The summed E-state index contributed by atoms with van der Waals surface area (Å²) in [5.41, 5.74) is 1.77. The molecule has 0 aliphatic carbocycles. The van der Waals surface area contributed by atoms with Gasteiger partial charge in [-0.1, -0.05) is 35.5 Å². The van der Waals surface area contributed by atoms with Gasteiger partial charge >= 0.3 is 0 Å². The lowest BCUT2D eigenvalue weighted by molar-refractivity contribution is -0.113. The number of amides is 1. The molecule has 2 aromatic heterocycles. The van der Waals surface area contributed by atoms with Crippen molar-refractivity contribution in [1.82, 2.24) is 19.7 Å². The van der Waals surface area contributed by atoms with Crippen LogP contribution in [0.3, 0.4) is 0 Å². The molecular formula is C16H16ClN5OS2. The molecular weight excluding hydrogens is 378 g/mol. The van der Waals surface area contributed by atoms with E-state index in [1.807, 2.05) is 48.1 Å². The molecule has 1 amide bonds. The highest BCUT2D eigenvalue weighted by atomic mass is 35.5. The summed E-state index contributed by atoms with van der Waals surface area (Å²) < 4.78 is 1.97. The topological polar surface area (TPSA) is 72.7 Å². The van der Waals surface area contributed by atoms with E-state index in [2.05, 4.69) is 20.5 Å². The minimum Gasteiger partial charge on any atom is -0.307 e. The molecule has 130 valence electrons. The first kappa shape index (κ1) is 17.9. The van der Waals surface area contributed by atoms with Crippen LogP contribution in [0.1, 0.15) is 12.7 Å². The smallest absolute Gasteiger partial charge is 0.236 e. The molecule has 9 heteroatoms. The van der Waals surface area contributed by atoms with Crippen molar-refractivity contribution in [3.8, 4) is 11.3 Å². The van der Waals surface area contributed by atoms with Gasteiger partial charge in [-0.15, -0.1) is 21.5 Å². The standard InChI is InChI=1S/C16H16ClN5OS2/c1-3-22-10(2)20-21-16(22)25-9-14(23)19-15-18-13(8-24-15)11-4-6-12(17)7-5-11/h4-8H,3,9H2,1-2H3,(H,18,19,23). The van der Waals surface area contributed by atoms with Crippen molar-refractivity contribution in [2.24, 2.45) is 0 Å². The number of thioether (sulfide) groups is 1. The lowest BCUT2D eigenvalue weighted by atomic mass is 10.2. The average Bonchev–Trinajstić information content (AvgIpc) is 3.20. The van der Waals surface area contributed by atoms with E-state index >= 15 is 0 Å². The van der Waals surface area contributed by atoms with E-state index < -0.39 is 0 Å². The van der Waals surface area contributed by atoms with E-state index in [1.165, 1.54) is 23.1 Å². The Morgan fingerprint density at radius 3 is 2.80 bits per heavy atom. The largest absolute Gasteiger partial charge is 0.307 e. The van der Waals surface area contributed by atoms with Crippen molar-refractivity contribution < 1.29 is 4.79 Å². The van der Waals surface area contributed by atoms with Crippen molar-refractivity contribution in [2.75, 3.05) is 11.1 Å². The summed E-state index contributed by atoms with van der Waals surface area (Å²) in [7, 11) is 0. The van der Waals surface area contributed by atoms with Crippen LogP contribution in [-0.4, -0.2) is 31.4 Å². The van der Waals surface area contributed by atoms with Crippen LogP contribution in [0.5, 0.6) is 0 Å². The zero-order chi connectivity index (χ0) is 17.8. The predicted octanol–water partition coefficient (Wildman–Crippen LogP) is 4.11. The highest BCUT2D eigenvalue weighted by Gasteiger charge is 2.12. The van der Waals surface area contributed by atoms with Gasteiger partial charge in [-0.2, -0.15) is 0 Å². The minimum atomic E-state index is -0.120. The molecule has 6 nitrogen and oxygen atoms in total. The zero-order valence-corrected chi connectivity index (χ0v) is 16.1. The van der Waals surface area contributed by atoms with Crippen LogP contribution < -0.4 is 5.32 Å². The van der Waals surface area contributed by atoms with Crippen molar-refractivity contribution >= 4 is 45.7 Å². The molecule has 0 saturated heterocycles. The maximum Gasteiger partial charge on any atom is 0.236 e. The van der Waals surface area contributed by atoms with Crippen molar-refractivity contribution in [3.05, 3.63) is 40.5 Å². The number of rotatable bonds is 6. The Hall–Kier alpha value is -1.90. The third kappa shape index (κ3) is 4.39. The Bertz CT molecular complexity index is 875. The maximum atomic E-state index is 12.1. The van der Waals surface area contributed by atoms with Gasteiger partial charge in [0.2, 0.25) is 5.91 Å². The third-order valence-electron chi connectivity index (χ3n) is 3.44. The third-order valence-corrected chi connectivity index (χ3v) is 5.42. The second-order valence-electron chi connectivity index (χ2n) is 5.16. The molecule has 25 heavy (non-hydrogen) atoms. The van der Waals surface area contributed by atoms with E-state index in [1.54, 1.807) is 0 Å². The number of carbonyl (C=O) groups is 1. The number of hydrogen-bond acceptors (Lipinski definition) is 6. The molecule has 0 aliphatic rings. The summed E-state index contributed by atoms with van der Waals surface area (Å²) in [6.45, 7) is 4.70. The number of nitrogens with one attached hydrogen (secondary N) is 1. The van der Waals surface area contributed by atoms with Crippen LogP contribution in [0.15, 0.2) is 34.8 Å². The van der Waals surface area contributed by atoms with Gasteiger partial charge < -0.3 is 9.88 Å². The number of aromatic nitrogens is 4. The first-order chi connectivity index (χ1) is 12.1. The summed E-state index contributed by atoms with van der Waals surface area (Å²) in [4.78, 5) is 16.6. The summed E-state index contributed by atoms with van der Waals surface area (Å²) >= 11 is 8.65. The molecule has 0 saturated carbocycles. The van der Waals surface area contributed by atoms with E-state index in [9.17, 15) is 4.79 Å². The monoisotopic (exact) mass is 393 g/mol. The predicted molar refractivity (Wildman–Crippen MR) is 102 cm³/mol. The SMILES string of the molecule is CCn1c(C)nnc1SCC(=O)Nc1nc(-c2ccc(Cl)cc2)cs1. The Kier molecular flexibility index (Phi) is 5.72. The molecule has 0 aliphatic heterocycles. The van der Waals surface area contributed by atoms with Crippen LogP contribution >= 0.6 is 34.7 Å². The lowest BCUT2D eigenvalue weighted by Crippen LogP contribution is -2.14. The highest BCUT2D eigenvalue weighted by Crippen LogP contribution is 2.26. The number of carbonyl (C=O) groups excluding carboxylic acids is 1. The van der Waals surface area contributed by atoms with Crippen LogP contribution in [0.2, 0.25) is 5.02 Å². The van der Waals surface area contributed by atoms with E-state index in [0.29, 0.717) is 10.2 Å². The number of thiazole rings is 1. The second-order valence-corrected chi connectivity index (χ2v) is 7.39. The molecule has 3 rings (SSSR count). The highest BCUT2D eigenvalue weighted by molar-refractivity contribution is 7.99. The van der Waals surface area contributed by atoms with Crippen molar-refractivity contribution in [1.29, 1.82) is 0 Å². The van der Waals surface area contributed by atoms with Crippen LogP contribution in [-0.2, 0) is 11.3 Å². The summed E-state index contributed by atoms with van der Waals surface area (Å²) in [6, 6.07) is 7.44. The second kappa shape index (κ2) is 7.99. The first-order valence-corrected chi connectivity index (χ1v) is 9.85. The van der Waals surface area contributed by atoms with Gasteiger partial charge in [0, 0.05) is 22.5 Å². The molecule has 3 aromatic rings. The normalized spacial score (nSPS) is 10.8. The van der Waals surface area contributed by atoms with E-state index in [-0.39, 0.29) is 11.7 Å². The number of nitrogens with zero attached hydrogens (tertiary/aromatic N) is 4. The van der Waals surface area contributed by atoms with E-state index in [4.69, 9.17) is 11.6 Å². The number of halogens is 1. The number of hydrogen-bond donors (Lipinski definition) is 1. The van der Waals surface area contributed by atoms with E-state index in [0.717, 1.165) is 28.8 Å². The molecule has 0 spiro atoms. The molecule has 0 radical (unpaired) electrons. The van der Waals surface area contributed by atoms with Crippen LogP contribution in [0, 0.1) is 6.92 Å². The number of aryl methyl sites for hydroxylation is 1. The summed E-state index contributed by atoms with van der Waals surface area (Å²) in [6.07, 6.45) is 0. The number of benzene rings is 1. The fourth-order valence-corrected chi connectivity index (χ4v) is 3.91. The van der Waals surface area contributed by atoms with Crippen molar-refractivity contribution in [3.63, 3.8) is 0 Å². The van der Waals surface area contributed by atoms with Gasteiger partial charge in [-0.05, 0) is 26.0 Å². The molecule has 1 N–H and O–H groups in total. The van der Waals surface area contributed by atoms with Gasteiger partial charge in [0.05, 0.1) is 11.4 Å². The average molecular weight is 394 g/mol. The van der Waals surface area contributed by atoms with Crippen molar-refractivity contribution in [2.45, 2.75) is 25.5 Å². The molecule has 0 atom stereocenters. The summed E-state index contributed by atoms with van der Waals surface area (Å²) in [5, 5.41) is 14.8.